The Labute approximate surface area is 119 Å². The van der Waals surface area contributed by atoms with Crippen LogP contribution in [-0.4, -0.2) is 17.5 Å². The van der Waals surface area contributed by atoms with Gasteiger partial charge in [-0.05, 0) is 29.8 Å². The number of nitrogens with two attached hydrogens (primary N) is 1. The average molecular weight is 269 g/mol. The van der Waals surface area contributed by atoms with E-state index in [0.717, 1.165) is 17.8 Å². The summed E-state index contributed by atoms with van der Waals surface area (Å²) >= 11 is 0. The maximum atomic E-state index is 9.33. The lowest BCUT2D eigenvalue weighted by Gasteiger charge is -2.25. The number of nitrogens with zero attached hydrogens (tertiary/aromatic N) is 1. The average Bonchev–Trinajstić information content (AvgIpc) is 2.46. The number of aromatic hydroxyl groups is 1. The molecule has 0 spiro atoms. The largest absolute Gasteiger partial charge is 0.508 e. The summed E-state index contributed by atoms with van der Waals surface area (Å²) in [5.74, 6) is 0.459. The molecule has 0 aromatic heterocycles. The summed E-state index contributed by atoms with van der Waals surface area (Å²) in [6.07, 6.45) is 0.535. The third-order valence-electron chi connectivity index (χ3n) is 3.08. The lowest BCUT2D eigenvalue weighted by molar-refractivity contribution is 0.475. The van der Waals surface area contributed by atoms with Gasteiger partial charge in [-0.25, -0.2) is 0 Å². The van der Waals surface area contributed by atoms with Crippen molar-refractivity contribution in [1.82, 2.24) is 0 Å². The summed E-state index contributed by atoms with van der Waals surface area (Å²) in [6, 6.07) is 17.2. The van der Waals surface area contributed by atoms with Gasteiger partial charge in [-0.3, -0.25) is 5.41 Å². The first-order valence-corrected chi connectivity index (χ1v) is 6.56. The number of anilines is 1. The number of phenols is 1. The third kappa shape index (κ3) is 4.02. The molecular formula is C16H19N3O. The Morgan fingerprint density at radius 1 is 1.05 bits per heavy atom. The van der Waals surface area contributed by atoms with E-state index in [1.54, 1.807) is 12.1 Å². The van der Waals surface area contributed by atoms with E-state index in [2.05, 4.69) is 4.90 Å². The van der Waals surface area contributed by atoms with Gasteiger partial charge in [0, 0.05) is 25.2 Å². The molecule has 0 amide bonds. The number of nitrogens with one attached hydrogen (secondary N) is 1. The van der Waals surface area contributed by atoms with E-state index in [1.807, 2.05) is 42.5 Å². The van der Waals surface area contributed by atoms with Crippen LogP contribution in [0.4, 0.5) is 5.69 Å². The van der Waals surface area contributed by atoms with Gasteiger partial charge >= 0.3 is 0 Å². The molecule has 0 fully saturated rings. The van der Waals surface area contributed by atoms with Crippen LogP contribution < -0.4 is 10.6 Å². The van der Waals surface area contributed by atoms with Crippen LogP contribution in [0.25, 0.3) is 0 Å². The third-order valence-corrected chi connectivity index (χ3v) is 3.08. The minimum Gasteiger partial charge on any atom is -0.508 e. The Bertz CT molecular complexity index is 552. The second-order valence-electron chi connectivity index (χ2n) is 4.70. The van der Waals surface area contributed by atoms with Crippen LogP contribution in [-0.2, 0) is 6.54 Å². The molecule has 2 rings (SSSR count). The second kappa shape index (κ2) is 6.61. The Morgan fingerprint density at radius 2 is 1.70 bits per heavy atom. The van der Waals surface area contributed by atoms with Crippen LogP contribution in [0.15, 0.2) is 54.6 Å². The fourth-order valence-electron chi connectivity index (χ4n) is 2.02. The van der Waals surface area contributed by atoms with E-state index in [-0.39, 0.29) is 11.6 Å². The monoisotopic (exact) mass is 269 g/mol. The van der Waals surface area contributed by atoms with Gasteiger partial charge in [0.1, 0.15) is 5.75 Å². The quantitative estimate of drug-likeness (QED) is 0.557. The Kier molecular flexibility index (Phi) is 4.60. The Morgan fingerprint density at radius 3 is 2.30 bits per heavy atom. The van der Waals surface area contributed by atoms with Crippen LogP contribution in [0.3, 0.4) is 0 Å². The van der Waals surface area contributed by atoms with Crippen molar-refractivity contribution in [1.29, 1.82) is 5.41 Å². The highest BCUT2D eigenvalue weighted by Gasteiger charge is 2.07. The van der Waals surface area contributed by atoms with Crippen molar-refractivity contribution in [2.75, 3.05) is 11.4 Å². The van der Waals surface area contributed by atoms with E-state index < -0.39 is 0 Å². The van der Waals surface area contributed by atoms with Gasteiger partial charge in [0.05, 0.1) is 5.84 Å². The number of benzene rings is 2. The van der Waals surface area contributed by atoms with Crippen molar-refractivity contribution in [3.8, 4) is 5.75 Å². The van der Waals surface area contributed by atoms with Gasteiger partial charge in [-0.1, -0.05) is 30.3 Å². The molecule has 0 heterocycles. The number of hydrogen-bond acceptors (Lipinski definition) is 3. The summed E-state index contributed by atoms with van der Waals surface area (Å²) in [5.41, 5.74) is 7.66. The smallest absolute Gasteiger partial charge is 0.115 e. The van der Waals surface area contributed by atoms with Crippen molar-refractivity contribution in [3.05, 3.63) is 60.2 Å². The zero-order valence-electron chi connectivity index (χ0n) is 11.3. The van der Waals surface area contributed by atoms with Crippen molar-refractivity contribution in [2.45, 2.75) is 13.0 Å². The molecule has 2 aromatic rings. The van der Waals surface area contributed by atoms with Crippen LogP contribution in [0, 0.1) is 5.41 Å². The Balaban J connectivity index is 2.13. The Hall–Kier alpha value is -2.49. The maximum absolute atomic E-state index is 9.33. The van der Waals surface area contributed by atoms with E-state index in [1.165, 1.54) is 0 Å². The predicted octanol–water partition coefficient (Wildman–Crippen LogP) is 2.72. The number of hydrogen-bond donors (Lipinski definition) is 3. The summed E-state index contributed by atoms with van der Waals surface area (Å²) in [4.78, 5) is 2.17. The number of rotatable bonds is 6. The first kappa shape index (κ1) is 13.9. The van der Waals surface area contributed by atoms with E-state index >= 15 is 0 Å². The van der Waals surface area contributed by atoms with E-state index in [0.29, 0.717) is 13.0 Å². The highest BCUT2D eigenvalue weighted by Crippen LogP contribution is 2.18. The number of para-hydroxylation sites is 1. The van der Waals surface area contributed by atoms with Crippen LogP contribution in [0.5, 0.6) is 5.75 Å². The molecule has 4 nitrogen and oxygen atoms in total. The highest BCUT2D eigenvalue weighted by atomic mass is 16.3. The lowest BCUT2D eigenvalue weighted by Crippen LogP contribution is -2.27. The number of amidine groups is 1. The molecule has 104 valence electrons. The van der Waals surface area contributed by atoms with Crippen LogP contribution in [0.2, 0.25) is 0 Å². The molecule has 4 N–H and O–H groups in total. The molecule has 4 heteroatoms. The first-order valence-electron chi connectivity index (χ1n) is 6.56. The molecular weight excluding hydrogens is 250 g/mol. The molecule has 0 radical (unpaired) electrons. The molecule has 0 aliphatic heterocycles. The van der Waals surface area contributed by atoms with Crippen molar-refractivity contribution in [3.63, 3.8) is 0 Å². The van der Waals surface area contributed by atoms with Crippen molar-refractivity contribution < 1.29 is 5.11 Å². The number of phenolic OH excluding ortho intramolecular Hbond substituents is 1. The first-order chi connectivity index (χ1) is 9.65. The minimum atomic E-state index is 0.191. The summed E-state index contributed by atoms with van der Waals surface area (Å²) in [5, 5.41) is 16.7. The predicted molar refractivity (Wildman–Crippen MR) is 82.1 cm³/mol. The van der Waals surface area contributed by atoms with Crippen molar-refractivity contribution in [2.24, 2.45) is 5.73 Å². The molecule has 0 saturated heterocycles. The zero-order valence-corrected chi connectivity index (χ0v) is 11.3. The van der Waals surface area contributed by atoms with Gasteiger partial charge in [0.15, 0.2) is 0 Å². The van der Waals surface area contributed by atoms with Gasteiger partial charge in [-0.15, -0.1) is 0 Å². The summed E-state index contributed by atoms with van der Waals surface area (Å²) < 4.78 is 0. The van der Waals surface area contributed by atoms with Gasteiger partial charge in [0.2, 0.25) is 0 Å². The molecule has 0 bridgehead atoms. The van der Waals surface area contributed by atoms with Gasteiger partial charge < -0.3 is 15.7 Å². The molecule has 0 aliphatic carbocycles. The maximum Gasteiger partial charge on any atom is 0.115 e. The molecule has 0 saturated carbocycles. The van der Waals surface area contributed by atoms with Crippen molar-refractivity contribution >= 4 is 11.5 Å². The topological polar surface area (TPSA) is 73.3 Å². The minimum absolute atomic E-state index is 0.191. The molecule has 0 atom stereocenters. The summed E-state index contributed by atoms with van der Waals surface area (Å²) in [6.45, 7) is 1.41. The van der Waals surface area contributed by atoms with E-state index in [9.17, 15) is 5.11 Å². The van der Waals surface area contributed by atoms with Crippen LogP contribution in [0.1, 0.15) is 12.0 Å². The standard InChI is InChI=1S/C16H19N3O/c17-16(18)10-11-19(14-4-2-1-3-5-14)12-13-6-8-15(20)9-7-13/h1-9,20H,10-12H2,(H3,17,18). The fourth-order valence-corrected chi connectivity index (χ4v) is 2.02. The SMILES string of the molecule is N=C(N)CCN(Cc1ccc(O)cc1)c1ccccc1. The lowest BCUT2D eigenvalue weighted by atomic mass is 10.1. The molecule has 0 aliphatic rings. The summed E-state index contributed by atoms with van der Waals surface area (Å²) in [7, 11) is 0. The van der Waals surface area contributed by atoms with Gasteiger partial charge in [-0.2, -0.15) is 0 Å². The normalized spacial score (nSPS) is 10.2. The molecule has 2 aromatic carbocycles. The van der Waals surface area contributed by atoms with Crippen LogP contribution >= 0.6 is 0 Å². The molecule has 20 heavy (non-hydrogen) atoms. The highest BCUT2D eigenvalue weighted by molar-refractivity contribution is 5.77. The zero-order chi connectivity index (χ0) is 14.4. The van der Waals surface area contributed by atoms with E-state index in [4.69, 9.17) is 11.1 Å². The molecule has 0 unspecified atom stereocenters. The fraction of sp³-hybridized carbons (Fsp3) is 0.188. The second-order valence-corrected chi connectivity index (χ2v) is 4.70. The van der Waals surface area contributed by atoms with Gasteiger partial charge in [0.25, 0.3) is 0 Å².